The minimum atomic E-state index is -0.702. The van der Waals surface area contributed by atoms with Crippen molar-refractivity contribution < 1.29 is 33.4 Å². The van der Waals surface area contributed by atoms with Gasteiger partial charge in [0.05, 0.1) is 17.6 Å². The van der Waals surface area contributed by atoms with Crippen LogP contribution in [0.25, 0.3) is 0 Å². The Labute approximate surface area is 230 Å². The Balaban J connectivity index is 1.59. The summed E-state index contributed by atoms with van der Waals surface area (Å²) in [5, 5.41) is 10.3. The van der Waals surface area contributed by atoms with Gasteiger partial charge < -0.3 is 19.5 Å². The summed E-state index contributed by atoms with van der Waals surface area (Å²) in [6.07, 6.45) is 6.86. The van der Waals surface area contributed by atoms with E-state index in [-0.39, 0.29) is 42.9 Å². The van der Waals surface area contributed by atoms with E-state index in [0.717, 1.165) is 23.5 Å². The SMILES string of the molecule is CCC(C)(CC)C(=O)OCCOC(=O)CCCSCCN1C(=O)CC[C@@H]1/C=C/[C@@H](O)Cc1ccc(F)cc1. The Morgan fingerprint density at radius 2 is 1.87 bits per heavy atom. The van der Waals surface area contributed by atoms with Gasteiger partial charge >= 0.3 is 11.9 Å². The van der Waals surface area contributed by atoms with Gasteiger partial charge in [0.25, 0.3) is 0 Å². The van der Waals surface area contributed by atoms with Crippen molar-refractivity contribution >= 4 is 29.6 Å². The fourth-order valence-electron chi connectivity index (χ4n) is 4.09. The van der Waals surface area contributed by atoms with E-state index in [1.54, 1.807) is 30.0 Å². The molecule has 0 aliphatic carbocycles. The molecule has 9 heteroatoms. The minimum absolute atomic E-state index is 0.0393. The first-order chi connectivity index (χ1) is 18.2. The molecule has 1 N–H and O–H groups in total. The van der Waals surface area contributed by atoms with E-state index in [2.05, 4.69) is 0 Å². The maximum Gasteiger partial charge on any atom is 0.311 e. The van der Waals surface area contributed by atoms with Crippen LogP contribution in [0.15, 0.2) is 36.4 Å². The molecule has 1 saturated heterocycles. The van der Waals surface area contributed by atoms with E-state index < -0.39 is 11.5 Å². The second-order valence-corrected chi connectivity index (χ2v) is 11.0. The van der Waals surface area contributed by atoms with E-state index >= 15 is 0 Å². The number of aliphatic hydroxyl groups excluding tert-OH is 1. The van der Waals surface area contributed by atoms with Crippen molar-refractivity contribution in [2.45, 2.75) is 77.9 Å². The number of esters is 2. The molecule has 38 heavy (non-hydrogen) atoms. The van der Waals surface area contributed by atoms with Gasteiger partial charge in [-0.1, -0.05) is 38.1 Å². The van der Waals surface area contributed by atoms with Gasteiger partial charge in [-0.05, 0) is 56.1 Å². The second-order valence-electron chi connectivity index (χ2n) is 9.82. The summed E-state index contributed by atoms with van der Waals surface area (Å²) < 4.78 is 23.4. The zero-order valence-corrected chi connectivity index (χ0v) is 23.6. The largest absolute Gasteiger partial charge is 0.462 e. The van der Waals surface area contributed by atoms with Crippen molar-refractivity contribution in [2.75, 3.05) is 31.3 Å². The van der Waals surface area contributed by atoms with Crippen molar-refractivity contribution in [2.24, 2.45) is 5.41 Å². The average Bonchev–Trinajstić information content (AvgIpc) is 3.26. The van der Waals surface area contributed by atoms with Crippen LogP contribution in [-0.2, 0) is 30.3 Å². The third-order valence-electron chi connectivity index (χ3n) is 7.07. The highest BCUT2D eigenvalue weighted by Crippen LogP contribution is 2.27. The average molecular weight is 552 g/mol. The lowest BCUT2D eigenvalue weighted by Crippen LogP contribution is -2.34. The topological polar surface area (TPSA) is 93.1 Å². The molecule has 1 aromatic carbocycles. The first-order valence-corrected chi connectivity index (χ1v) is 14.6. The Morgan fingerprint density at radius 3 is 2.55 bits per heavy atom. The zero-order chi connectivity index (χ0) is 28.0. The lowest BCUT2D eigenvalue weighted by atomic mass is 9.85. The molecule has 0 aromatic heterocycles. The molecule has 1 amide bonds. The van der Waals surface area contributed by atoms with Gasteiger partial charge in [-0.3, -0.25) is 14.4 Å². The maximum atomic E-state index is 13.0. The Hall–Kier alpha value is -2.39. The summed E-state index contributed by atoms with van der Waals surface area (Å²) in [5.41, 5.74) is 0.349. The van der Waals surface area contributed by atoms with Crippen molar-refractivity contribution in [3.8, 4) is 0 Å². The number of carbonyl (C=O) groups excluding carboxylic acids is 3. The van der Waals surface area contributed by atoms with Gasteiger partial charge in [0.15, 0.2) is 0 Å². The molecule has 0 spiro atoms. The first-order valence-electron chi connectivity index (χ1n) is 13.5. The molecule has 0 saturated carbocycles. The summed E-state index contributed by atoms with van der Waals surface area (Å²) in [7, 11) is 0. The van der Waals surface area contributed by atoms with E-state index in [9.17, 15) is 23.9 Å². The number of rotatable bonds is 17. The number of ether oxygens (including phenoxy) is 2. The molecule has 2 atom stereocenters. The van der Waals surface area contributed by atoms with E-state index in [4.69, 9.17) is 9.47 Å². The number of thioether (sulfide) groups is 1. The number of hydrogen-bond acceptors (Lipinski definition) is 7. The fraction of sp³-hybridized carbons (Fsp3) is 0.621. The molecular weight excluding hydrogens is 509 g/mol. The predicted molar refractivity (Wildman–Crippen MR) is 147 cm³/mol. The number of hydrogen-bond donors (Lipinski definition) is 1. The minimum Gasteiger partial charge on any atom is -0.462 e. The Kier molecular flexibility index (Phi) is 13.9. The molecule has 1 heterocycles. The van der Waals surface area contributed by atoms with Crippen LogP contribution in [0.1, 0.15) is 64.9 Å². The van der Waals surface area contributed by atoms with Crippen LogP contribution in [0.2, 0.25) is 0 Å². The molecule has 0 bridgehead atoms. The van der Waals surface area contributed by atoms with Crippen molar-refractivity contribution in [3.63, 3.8) is 0 Å². The molecule has 1 aliphatic heterocycles. The molecular formula is C29H42FNO6S. The van der Waals surface area contributed by atoms with Crippen molar-refractivity contribution in [1.29, 1.82) is 0 Å². The number of nitrogens with zero attached hydrogens (tertiary/aromatic N) is 1. The van der Waals surface area contributed by atoms with Gasteiger partial charge in [-0.15, -0.1) is 0 Å². The van der Waals surface area contributed by atoms with Crippen LogP contribution in [0.3, 0.4) is 0 Å². The number of benzene rings is 1. The Morgan fingerprint density at radius 1 is 1.18 bits per heavy atom. The molecule has 0 radical (unpaired) electrons. The molecule has 1 aliphatic rings. The second kappa shape index (κ2) is 16.5. The molecule has 0 unspecified atom stereocenters. The third kappa shape index (κ3) is 10.8. The summed E-state index contributed by atoms with van der Waals surface area (Å²) in [5.74, 6) is 0.759. The van der Waals surface area contributed by atoms with Crippen molar-refractivity contribution in [1.82, 2.24) is 4.90 Å². The van der Waals surface area contributed by atoms with E-state index in [0.29, 0.717) is 45.1 Å². The van der Waals surface area contributed by atoms with Gasteiger partial charge in [-0.25, -0.2) is 4.39 Å². The van der Waals surface area contributed by atoms with Gasteiger partial charge in [0, 0.05) is 31.6 Å². The molecule has 1 fully saturated rings. The summed E-state index contributed by atoms with van der Waals surface area (Å²) in [4.78, 5) is 38.2. The predicted octanol–water partition coefficient (Wildman–Crippen LogP) is 4.70. The van der Waals surface area contributed by atoms with Crippen molar-refractivity contribution in [3.05, 3.63) is 47.8 Å². The molecule has 2 rings (SSSR count). The van der Waals surface area contributed by atoms with Crippen LogP contribution < -0.4 is 0 Å². The monoisotopic (exact) mass is 551 g/mol. The van der Waals surface area contributed by atoms with E-state index in [1.807, 2.05) is 31.7 Å². The van der Waals surface area contributed by atoms with Crippen LogP contribution in [-0.4, -0.2) is 71.3 Å². The van der Waals surface area contributed by atoms with E-state index in [1.165, 1.54) is 12.1 Å². The highest BCUT2D eigenvalue weighted by molar-refractivity contribution is 7.99. The standard InChI is InChI=1S/C29H42FNO6S/c1-4-29(3,5-2)28(35)37-18-17-36-27(34)7-6-19-38-20-16-31-24(13-15-26(31)33)12-14-25(32)21-22-8-10-23(30)11-9-22/h8-12,14,24-25,32H,4-7,13,15-21H2,1-3H3/b14-12+/t24-,25+/m0/s1. The summed E-state index contributed by atoms with van der Waals surface area (Å²) >= 11 is 1.68. The summed E-state index contributed by atoms with van der Waals surface area (Å²) in [6, 6.07) is 6.02. The fourth-order valence-corrected chi connectivity index (χ4v) is 4.97. The first kappa shape index (κ1) is 31.8. The van der Waals surface area contributed by atoms with Crippen LogP contribution in [0, 0.1) is 11.2 Å². The van der Waals surface area contributed by atoms with Crippen LogP contribution in [0.5, 0.6) is 0 Å². The number of aliphatic hydroxyl groups is 1. The van der Waals surface area contributed by atoms with Gasteiger partial charge in [-0.2, -0.15) is 11.8 Å². The maximum absolute atomic E-state index is 13.0. The highest BCUT2D eigenvalue weighted by atomic mass is 32.2. The number of carbonyl (C=O) groups is 3. The van der Waals surface area contributed by atoms with Crippen LogP contribution in [0.4, 0.5) is 4.39 Å². The number of amides is 1. The smallest absolute Gasteiger partial charge is 0.311 e. The lowest BCUT2D eigenvalue weighted by molar-refractivity contribution is -0.160. The normalized spacial score (nSPS) is 16.7. The number of likely N-dealkylation sites (tertiary alicyclic amines) is 1. The lowest BCUT2D eigenvalue weighted by Gasteiger charge is -2.23. The van der Waals surface area contributed by atoms with Crippen LogP contribution >= 0.6 is 11.8 Å². The zero-order valence-electron chi connectivity index (χ0n) is 22.8. The number of halogens is 1. The Bertz CT molecular complexity index is 918. The quantitative estimate of drug-likeness (QED) is 0.170. The molecule has 7 nitrogen and oxygen atoms in total. The molecule has 212 valence electrons. The van der Waals surface area contributed by atoms with Gasteiger partial charge in [0.1, 0.15) is 19.0 Å². The third-order valence-corrected chi connectivity index (χ3v) is 8.12. The highest BCUT2D eigenvalue weighted by Gasteiger charge is 2.31. The molecule has 1 aromatic rings. The van der Waals surface area contributed by atoms with Gasteiger partial charge in [0.2, 0.25) is 5.91 Å². The summed E-state index contributed by atoms with van der Waals surface area (Å²) in [6.45, 7) is 6.51.